The predicted molar refractivity (Wildman–Crippen MR) is 92.6 cm³/mol. The monoisotopic (exact) mass is 313 g/mol. The molecule has 0 unspecified atom stereocenters. The normalized spacial score (nSPS) is 11.0. The molecule has 1 N–H and O–H groups in total. The molecule has 0 aliphatic rings. The number of ether oxygens (including phenoxy) is 1. The highest BCUT2D eigenvalue weighted by atomic mass is 32.1. The van der Waals surface area contributed by atoms with Crippen molar-refractivity contribution in [2.75, 3.05) is 25.1 Å². The van der Waals surface area contributed by atoms with Crippen LogP contribution in [0.2, 0.25) is 0 Å². The minimum Gasteiger partial charge on any atom is -0.380 e. The Morgan fingerprint density at radius 2 is 2.00 bits per heavy atom. The van der Waals surface area contributed by atoms with Gasteiger partial charge in [0, 0.05) is 24.1 Å². The van der Waals surface area contributed by atoms with Crippen LogP contribution in [0.1, 0.15) is 12.7 Å². The number of hydrogen-bond donors (Lipinski definition) is 1. The van der Waals surface area contributed by atoms with Gasteiger partial charge < -0.3 is 10.1 Å². The van der Waals surface area contributed by atoms with Crippen LogP contribution in [-0.2, 0) is 4.74 Å². The lowest BCUT2D eigenvalue weighted by Crippen LogP contribution is -2.11. The van der Waals surface area contributed by atoms with Gasteiger partial charge in [0.05, 0.1) is 12.0 Å². The molecule has 4 nitrogen and oxygen atoms in total. The smallest absolute Gasteiger partial charge is 0.139 e. The Hall–Kier alpha value is -1.98. The largest absolute Gasteiger partial charge is 0.380 e. The zero-order valence-electron chi connectivity index (χ0n) is 12.8. The highest BCUT2D eigenvalue weighted by Gasteiger charge is 2.13. The summed E-state index contributed by atoms with van der Waals surface area (Å²) in [5, 5.41) is 6.64. The summed E-state index contributed by atoms with van der Waals surface area (Å²) in [6.45, 7) is 6.07. The molecule has 1 aromatic carbocycles. The molecule has 0 atom stereocenters. The Morgan fingerprint density at radius 1 is 1.18 bits per heavy atom. The van der Waals surface area contributed by atoms with Gasteiger partial charge in [0.2, 0.25) is 0 Å². The van der Waals surface area contributed by atoms with Crippen LogP contribution in [0.25, 0.3) is 21.3 Å². The molecule has 0 saturated heterocycles. The van der Waals surface area contributed by atoms with Crippen molar-refractivity contribution in [1.82, 2.24) is 9.97 Å². The second kappa shape index (κ2) is 6.85. The lowest BCUT2D eigenvalue weighted by atomic mass is 10.1. The highest BCUT2D eigenvalue weighted by Crippen LogP contribution is 2.36. The molecule has 0 aliphatic carbocycles. The number of nitrogens with one attached hydrogen (secondary N) is 1. The van der Waals surface area contributed by atoms with Crippen LogP contribution >= 0.6 is 11.3 Å². The van der Waals surface area contributed by atoms with E-state index in [1.165, 1.54) is 11.1 Å². The molecule has 0 bridgehead atoms. The number of aromatic nitrogens is 2. The van der Waals surface area contributed by atoms with Crippen molar-refractivity contribution >= 4 is 27.4 Å². The van der Waals surface area contributed by atoms with Crippen LogP contribution in [0.4, 0.5) is 5.82 Å². The van der Waals surface area contributed by atoms with E-state index >= 15 is 0 Å². The van der Waals surface area contributed by atoms with Crippen LogP contribution in [0.15, 0.2) is 35.7 Å². The first-order valence-corrected chi connectivity index (χ1v) is 8.30. The van der Waals surface area contributed by atoms with E-state index in [0.29, 0.717) is 6.61 Å². The van der Waals surface area contributed by atoms with E-state index in [9.17, 15) is 0 Å². The number of fused-ring (bicyclic) bond motifs is 1. The van der Waals surface area contributed by atoms with Gasteiger partial charge in [-0.05, 0) is 19.4 Å². The maximum Gasteiger partial charge on any atom is 0.139 e. The van der Waals surface area contributed by atoms with Crippen molar-refractivity contribution in [2.45, 2.75) is 13.8 Å². The van der Waals surface area contributed by atoms with Crippen molar-refractivity contribution in [3.8, 4) is 11.1 Å². The third kappa shape index (κ3) is 3.10. The Balaban J connectivity index is 2.00. The van der Waals surface area contributed by atoms with Crippen molar-refractivity contribution in [1.29, 1.82) is 0 Å². The lowest BCUT2D eigenvalue weighted by Gasteiger charge is -2.09. The van der Waals surface area contributed by atoms with Crippen molar-refractivity contribution in [2.24, 2.45) is 0 Å². The number of aryl methyl sites for hydroxylation is 1. The van der Waals surface area contributed by atoms with Crippen molar-refractivity contribution in [3.05, 3.63) is 41.5 Å². The van der Waals surface area contributed by atoms with E-state index in [-0.39, 0.29) is 0 Å². The van der Waals surface area contributed by atoms with Gasteiger partial charge in [-0.25, -0.2) is 9.97 Å². The predicted octanol–water partition coefficient (Wildman–Crippen LogP) is 4.12. The van der Waals surface area contributed by atoms with Gasteiger partial charge in [0.15, 0.2) is 0 Å². The lowest BCUT2D eigenvalue weighted by molar-refractivity contribution is 0.158. The average Bonchev–Trinajstić information content (AvgIpc) is 2.96. The summed E-state index contributed by atoms with van der Waals surface area (Å²) in [5.74, 6) is 1.68. The summed E-state index contributed by atoms with van der Waals surface area (Å²) in [5.41, 5.74) is 2.37. The molecule has 5 heteroatoms. The Morgan fingerprint density at radius 3 is 2.77 bits per heavy atom. The summed E-state index contributed by atoms with van der Waals surface area (Å²) in [7, 11) is 0. The van der Waals surface area contributed by atoms with Gasteiger partial charge in [-0.2, -0.15) is 0 Å². The zero-order chi connectivity index (χ0) is 15.4. The maximum atomic E-state index is 5.39. The van der Waals surface area contributed by atoms with Crippen LogP contribution < -0.4 is 5.32 Å². The summed E-state index contributed by atoms with van der Waals surface area (Å²) >= 11 is 1.66. The molecule has 2 heterocycles. The van der Waals surface area contributed by atoms with E-state index in [4.69, 9.17) is 4.74 Å². The number of anilines is 1. The van der Waals surface area contributed by atoms with Crippen molar-refractivity contribution < 1.29 is 4.74 Å². The molecule has 0 amide bonds. The summed E-state index contributed by atoms with van der Waals surface area (Å²) in [6.07, 6.45) is 0. The first-order chi connectivity index (χ1) is 10.8. The number of nitrogens with zero attached hydrogens (tertiary/aromatic N) is 2. The number of thiophene rings is 1. The minimum atomic E-state index is 0.672. The molecule has 2 aromatic heterocycles. The summed E-state index contributed by atoms with van der Waals surface area (Å²) in [4.78, 5) is 10.2. The van der Waals surface area contributed by atoms with E-state index in [0.717, 1.165) is 35.0 Å². The second-order valence-electron chi connectivity index (χ2n) is 4.94. The molecular weight excluding hydrogens is 294 g/mol. The van der Waals surface area contributed by atoms with Gasteiger partial charge in [0.25, 0.3) is 0 Å². The molecule has 3 aromatic rings. The molecule has 0 spiro atoms. The Bertz CT molecular complexity index is 755. The topological polar surface area (TPSA) is 47.0 Å². The first-order valence-electron chi connectivity index (χ1n) is 7.42. The fourth-order valence-corrected chi connectivity index (χ4v) is 3.39. The van der Waals surface area contributed by atoms with Crippen LogP contribution in [-0.4, -0.2) is 29.7 Å². The van der Waals surface area contributed by atoms with Gasteiger partial charge >= 0.3 is 0 Å². The second-order valence-corrected chi connectivity index (χ2v) is 5.80. The zero-order valence-corrected chi connectivity index (χ0v) is 13.6. The fraction of sp³-hybridized carbons (Fsp3) is 0.294. The summed E-state index contributed by atoms with van der Waals surface area (Å²) in [6, 6.07) is 10.4. The minimum absolute atomic E-state index is 0.672. The first kappa shape index (κ1) is 14.9. The van der Waals surface area contributed by atoms with Gasteiger partial charge in [-0.1, -0.05) is 30.3 Å². The number of rotatable bonds is 6. The standard InChI is InChI=1S/C17H19N3OS/c1-3-21-10-9-18-16-15-14(13-7-5-4-6-8-13)11-22-17(15)20-12(2)19-16/h4-8,11H,3,9-10H2,1-2H3,(H,18,19,20). The quantitative estimate of drug-likeness (QED) is 0.696. The van der Waals surface area contributed by atoms with Gasteiger partial charge in [-0.3, -0.25) is 0 Å². The Kier molecular flexibility index (Phi) is 4.65. The van der Waals surface area contributed by atoms with E-state index in [2.05, 4.69) is 44.9 Å². The number of hydrogen-bond acceptors (Lipinski definition) is 5. The van der Waals surface area contributed by atoms with Crippen molar-refractivity contribution in [3.63, 3.8) is 0 Å². The molecule has 0 saturated carbocycles. The third-order valence-corrected chi connectivity index (χ3v) is 4.25. The van der Waals surface area contributed by atoms with Crippen LogP contribution in [0, 0.1) is 6.92 Å². The Labute approximate surface area is 134 Å². The molecule has 0 aliphatic heterocycles. The van der Waals surface area contributed by atoms with Gasteiger partial charge in [0.1, 0.15) is 16.5 Å². The maximum absolute atomic E-state index is 5.39. The van der Waals surface area contributed by atoms with Crippen LogP contribution in [0.5, 0.6) is 0 Å². The molecule has 3 rings (SSSR count). The van der Waals surface area contributed by atoms with E-state index < -0.39 is 0 Å². The summed E-state index contributed by atoms with van der Waals surface area (Å²) < 4.78 is 5.39. The van der Waals surface area contributed by atoms with E-state index in [1.807, 2.05) is 19.9 Å². The SMILES string of the molecule is CCOCCNc1nc(C)nc2scc(-c3ccccc3)c12. The molecule has 0 fully saturated rings. The van der Waals surface area contributed by atoms with E-state index in [1.54, 1.807) is 11.3 Å². The fourth-order valence-electron chi connectivity index (χ4n) is 2.39. The molecular formula is C17H19N3OS. The average molecular weight is 313 g/mol. The molecule has 22 heavy (non-hydrogen) atoms. The third-order valence-electron chi connectivity index (χ3n) is 3.37. The number of benzene rings is 1. The molecule has 114 valence electrons. The van der Waals surface area contributed by atoms with Crippen LogP contribution in [0.3, 0.4) is 0 Å². The highest BCUT2D eigenvalue weighted by molar-refractivity contribution is 7.17. The molecule has 0 radical (unpaired) electrons. The van der Waals surface area contributed by atoms with Gasteiger partial charge in [-0.15, -0.1) is 11.3 Å².